The first-order valence-electron chi connectivity index (χ1n) is 18.8. The predicted molar refractivity (Wildman–Crippen MR) is 234 cm³/mol. The minimum absolute atomic E-state index is 1.10. The molecule has 0 radical (unpaired) electrons. The Bertz CT molecular complexity index is 2540. The number of anilines is 3. The van der Waals surface area contributed by atoms with Gasteiger partial charge >= 0.3 is 0 Å². The lowest BCUT2D eigenvalue weighted by Gasteiger charge is -2.26. The van der Waals surface area contributed by atoms with Gasteiger partial charge in [-0.05, 0) is 109 Å². The molecule has 0 N–H and O–H groups in total. The van der Waals surface area contributed by atoms with Crippen LogP contribution in [0.3, 0.4) is 0 Å². The van der Waals surface area contributed by atoms with Gasteiger partial charge in [0.1, 0.15) is 0 Å². The van der Waals surface area contributed by atoms with Crippen LogP contribution >= 0.6 is 0 Å². The molecule has 9 aromatic carbocycles. The van der Waals surface area contributed by atoms with E-state index in [9.17, 15) is 0 Å². The molecule has 0 aliphatic rings. The number of nitrogens with zero attached hydrogens (tertiary/aromatic N) is 1. The average Bonchev–Trinajstić information content (AvgIpc) is 3.28. The van der Waals surface area contributed by atoms with Gasteiger partial charge in [-0.25, -0.2) is 0 Å². The van der Waals surface area contributed by atoms with E-state index in [1.54, 1.807) is 0 Å². The molecule has 0 saturated carbocycles. The molecule has 0 fully saturated rings. The second-order valence-corrected chi connectivity index (χ2v) is 13.8. The van der Waals surface area contributed by atoms with Crippen molar-refractivity contribution >= 4 is 17.1 Å². The molecule has 0 atom stereocenters. The number of benzene rings is 9. The highest BCUT2D eigenvalue weighted by molar-refractivity contribution is 5.87. The third kappa shape index (κ3) is 7.25. The number of hydrogen-bond acceptors (Lipinski definition) is 1. The number of hydrogen-bond donors (Lipinski definition) is 0. The zero-order chi connectivity index (χ0) is 36.8. The summed E-state index contributed by atoms with van der Waals surface area (Å²) >= 11 is 0. The van der Waals surface area contributed by atoms with Gasteiger partial charge in [-0.1, -0.05) is 194 Å². The zero-order valence-electron chi connectivity index (χ0n) is 30.5. The summed E-state index contributed by atoms with van der Waals surface area (Å²) < 4.78 is 0. The minimum atomic E-state index is 1.10. The summed E-state index contributed by atoms with van der Waals surface area (Å²) in [5.41, 5.74) is 17.8. The Morgan fingerprint density at radius 2 is 0.455 bits per heavy atom. The van der Waals surface area contributed by atoms with Crippen LogP contribution in [0.4, 0.5) is 17.1 Å². The Balaban J connectivity index is 1.01. The van der Waals surface area contributed by atoms with E-state index in [-0.39, 0.29) is 0 Å². The van der Waals surface area contributed by atoms with Crippen molar-refractivity contribution in [2.45, 2.75) is 0 Å². The maximum atomic E-state index is 2.33. The molecule has 260 valence electrons. The summed E-state index contributed by atoms with van der Waals surface area (Å²) in [5, 5.41) is 0. The molecule has 0 bridgehead atoms. The summed E-state index contributed by atoms with van der Waals surface area (Å²) in [5.74, 6) is 0. The van der Waals surface area contributed by atoms with Crippen LogP contribution in [0.15, 0.2) is 237 Å². The van der Waals surface area contributed by atoms with Gasteiger partial charge in [-0.3, -0.25) is 0 Å². The zero-order valence-corrected chi connectivity index (χ0v) is 30.5. The first-order chi connectivity index (χ1) is 27.3. The van der Waals surface area contributed by atoms with Gasteiger partial charge in [0, 0.05) is 17.1 Å². The van der Waals surface area contributed by atoms with Crippen LogP contribution in [-0.4, -0.2) is 0 Å². The van der Waals surface area contributed by atoms with Crippen LogP contribution in [0.5, 0.6) is 0 Å². The molecule has 0 amide bonds. The molecule has 0 spiro atoms. The molecule has 0 unspecified atom stereocenters. The van der Waals surface area contributed by atoms with Crippen molar-refractivity contribution in [1.29, 1.82) is 0 Å². The van der Waals surface area contributed by atoms with Gasteiger partial charge in [0.15, 0.2) is 0 Å². The lowest BCUT2D eigenvalue weighted by molar-refractivity contribution is 1.28. The molecule has 9 rings (SSSR count). The Hall–Kier alpha value is -7.22. The van der Waals surface area contributed by atoms with Crippen molar-refractivity contribution in [3.05, 3.63) is 237 Å². The maximum absolute atomic E-state index is 2.33. The van der Waals surface area contributed by atoms with E-state index in [2.05, 4.69) is 241 Å². The molecule has 0 aliphatic heterocycles. The van der Waals surface area contributed by atoms with Crippen LogP contribution in [0.25, 0.3) is 66.8 Å². The minimum Gasteiger partial charge on any atom is -0.311 e. The average molecular weight is 702 g/mol. The fourth-order valence-electron chi connectivity index (χ4n) is 7.44. The number of rotatable bonds is 9. The summed E-state index contributed by atoms with van der Waals surface area (Å²) in [6, 6.07) is 84.8. The van der Waals surface area contributed by atoms with E-state index in [4.69, 9.17) is 0 Å². The normalized spacial score (nSPS) is 10.9. The van der Waals surface area contributed by atoms with Gasteiger partial charge in [-0.2, -0.15) is 0 Å². The molecular weight excluding hydrogens is 663 g/mol. The van der Waals surface area contributed by atoms with E-state index in [1.807, 2.05) is 0 Å². The summed E-state index contributed by atoms with van der Waals surface area (Å²) in [7, 11) is 0. The first kappa shape index (κ1) is 33.6. The van der Waals surface area contributed by atoms with Crippen molar-refractivity contribution in [3.63, 3.8) is 0 Å². The van der Waals surface area contributed by atoms with Crippen LogP contribution in [0.1, 0.15) is 0 Å². The highest BCUT2D eigenvalue weighted by Gasteiger charge is 2.14. The lowest BCUT2D eigenvalue weighted by Crippen LogP contribution is -2.09. The van der Waals surface area contributed by atoms with E-state index in [1.165, 1.54) is 66.8 Å². The van der Waals surface area contributed by atoms with Crippen LogP contribution in [0.2, 0.25) is 0 Å². The second kappa shape index (κ2) is 15.4. The summed E-state index contributed by atoms with van der Waals surface area (Å²) in [4.78, 5) is 2.33. The SMILES string of the molecule is c1ccc(-c2ccc(N(c3ccc(-c4ccccc4)cc3)c3ccc(-c4ccc(-c5ccccc5-c5cccc(-c6ccccc6)c5)cc4)cc3)cc2)cc1. The lowest BCUT2D eigenvalue weighted by atomic mass is 9.92. The summed E-state index contributed by atoms with van der Waals surface area (Å²) in [6.45, 7) is 0. The van der Waals surface area contributed by atoms with Gasteiger partial charge in [0.25, 0.3) is 0 Å². The maximum Gasteiger partial charge on any atom is 0.0462 e. The topological polar surface area (TPSA) is 3.24 Å². The van der Waals surface area contributed by atoms with E-state index >= 15 is 0 Å². The Morgan fingerprint density at radius 3 is 0.873 bits per heavy atom. The van der Waals surface area contributed by atoms with E-state index < -0.39 is 0 Å². The highest BCUT2D eigenvalue weighted by Crippen LogP contribution is 2.39. The Kier molecular flexibility index (Phi) is 9.41. The van der Waals surface area contributed by atoms with Crippen LogP contribution in [0, 0.1) is 0 Å². The third-order valence-electron chi connectivity index (χ3n) is 10.3. The van der Waals surface area contributed by atoms with E-state index in [0.717, 1.165) is 17.1 Å². The van der Waals surface area contributed by atoms with Crippen LogP contribution in [-0.2, 0) is 0 Å². The fraction of sp³-hybridized carbons (Fsp3) is 0. The fourth-order valence-corrected chi connectivity index (χ4v) is 7.44. The molecule has 1 nitrogen and oxygen atoms in total. The predicted octanol–water partition coefficient (Wildman–Crippen LogP) is 15.2. The van der Waals surface area contributed by atoms with Crippen molar-refractivity contribution < 1.29 is 0 Å². The second-order valence-electron chi connectivity index (χ2n) is 13.8. The van der Waals surface area contributed by atoms with Crippen molar-refractivity contribution in [2.75, 3.05) is 4.90 Å². The quantitative estimate of drug-likeness (QED) is 0.145. The van der Waals surface area contributed by atoms with Gasteiger partial charge in [-0.15, -0.1) is 0 Å². The summed E-state index contributed by atoms with van der Waals surface area (Å²) in [6.07, 6.45) is 0. The van der Waals surface area contributed by atoms with Gasteiger partial charge in [0.2, 0.25) is 0 Å². The molecule has 55 heavy (non-hydrogen) atoms. The van der Waals surface area contributed by atoms with Gasteiger partial charge in [0.05, 0.1) is 0 Å². The monoisotopic (exact) mass is 701 g/mol. The molecule has 0 aromatic heterocycles. The van der Waals surface area contributed by atoms with Crippen molar-refractivity contribution in [1.82, 2.24) is 0 Å². The largest absolute Gasteiger partial charge is 0.311 e. The molecule has 9 aromatic rings. The van der Waals surface area contributed by atoms with Crippen molar-refractivity contribution in [3.8, 4) is 66.8 Å². The molecule has 0 saturated heterocycles. The van der Waals surface area contributed by atoms with E-state index in [0.29, 0.717) is 0 Å². The Labute approximate surface area is 324 Å². The molecule has 0 heterocycles. The molecular formula is C54H39N. The first-order valence-corrected chi connectivity index (χ1v) is 18.8. The highest BCUT2D eigenvalue weighted by atomic mass is 15.1. The molecule has 0 aliphatic carbocycles. The molecule has 1 heteroatoms. The van der Waals surface area contributed by atoms with Crippen molar-refractivity contribution in [2.24, 2.45) is 0 Å². The van der Waals surface area contributed by atoms with Crippen LogP contribution < -0.4 is 4.90 Å². The Morgan fingerprint density at radius 1 is 0.182 bits per heavy atom. The standard InChI is InChI=1S/C54H39N/c1-4-13-40(14-5-1)44-27-33-50(34-28-44)55(51-35-29-45(30-36-51)41-15-6-2-7-16-41)52-37-31-46(32-38-52)43-23-25-47(26-24-43)53-21-10-11-22-54(53)49-20-12-19-48(39-49)42-17-8-3-9-18-42/h1-39H. The third-order valence-corrected chi connectivity index (χ3v) is 10.3. The smallest absolute Gasteiger partial charge is 0.0462 e. The van der Waals surface area contributed by atoms with Gasteiger partial charge < -0.3 is 4.90 Å².